The van der Waals surface area contributed by atoms with E-state index in [1.54, 1.807) is 0 Å². The van der Waals surface area contributed by atoms with E-state index in [0.29, 0.717) is 0 Å². The van der Waals surface area contributed by atoms with Gasteiger partial charge in [0.15, 0.2) is 5.01 Å². The standard InChI is InChI=1S/C8H10N2OS/c1-7-9-8(12-10-7)5-3-2-4-6-11/h11H,2,4,6H2,1H3. The number of unbranched alkanes of at least 4 members (excludes halogenated alkanes) is 1. The summed E-state index contributed by atoms with van der Waals surface area (Å²) in [7, 11) is 0. The van der Waals surface area contributed by atoms with E-state index >= 15 is 0 Å². The maximum Gasteiger partial charge on any atom is 0.186 e. The third-order valence-electron chi connectivity index (χ3n) is 1.18. The lowest BCUT2D eigenvalue weighted by molar-refractivity contribution is 0.290. The maximum atomic E-state index is 8.47. The van der Waals surface area contributed by atoms with Crippen molar-refractivity contribution in [2.24, 2.45) is 0 Å². The normalized spacial score (nSPS) is 9.17. The van der Waals surface area contributed by atoms with Crippen LogP contribution in [-0.4, -0.2) is 21.1 Å². The molecule has 0 amide bonds. The Bertz CT molecular complexity index is 297. The molecule has 4 heteroatoms. The predicted octanol–water partition coefficient (Wildman–Crippen LogP) is 0.971. The largest absolute Gasteiger partial charge is 0.396 e. The quantitative estimate of drug-likeness (QED) is 0.547. The SMILES string of the molecule is Cc1nsc(C#CCCCO)n1. The molecule has 0 aliphatic carbocycles. The molecule has 0 unspecified atom stereocenters. The van der Waals surface area contributed by atoms with Crippen LogP contribution in [0.4, 0.5) is 0 Å². The lowest BCUT2D eigenvalue weighted by Gasteiger charge is -1.82. The van der Waals surface area contributed by atoms with Gasteiger partial charge < -0.3 is 5.11 Å². The molecule has 12 heavy (non-hydrogen) atoms. The summed E-state index contributed by atoms with van der Waals surface area (Å²) in [5.41, 5.74) is 0. The number of rotatable bonds is 2. The topological polar surface area (TPSA) is 46.0 Å². The van der Waals surface area contributed by atoms with Crippen LogP contribution in [0.5, 0.6) is 0 Å². The first-order chi connectivity index (χ1) is 5.83. The predicted molar refractivity (Wildman–Crippen MR) is 47.8 cm³/mol. The molecule has 0 bridgehead atoms. The van der Waals surface area contributed by atoms with Crippen molar-refractivity contribution in [3.8, 4) is 11.8 Å². The van der Waals surface area contributed by atoms with E-state index in [9.17, 15) is 0 Å². The van der Waals surface area contributed by atoms with Gasteiger partial charge in [-0.2, -0.15) is 4.37 Å². The van der Waals surface area contributed by atoms with Crippen molar-refractivity contribution >= 4 is 11.5 Å². The van der Waals surface area contributed by atoms with Crippen LogP contribution >= 0.6 is 11.5 Å². The molecular weight excluding hydrogens is 172 g/mol. The summed E-state index contributed by atoms with van der Waals surface area (Å²) in [5.74, 6) is 6.57. The smallest absolute Gasteiger partial charge is 0.186 e. The number of aliphatic hydroxyl groups is 1. The Morgan fingerprint density at radius 2 is 2.42 bits per heavy atom. The zero-order chi connectivity index (χ0) is 8.81. The Kier molecular flexibility index (Phi) is 3.71. The first-order valence-corrected chi connectivity index (χ1v) is 4.50. The Balaban J connectivity index is 2.43. The van der Waals surface area contributed by atoms with E-state index in [2.05, 4.69) is 21.2 Å². The highest BCUT2D eigenvalue weighted by atomic mass is 32.1. The molecule has 1 aromatic rings. The zero-order valence-corrected chi connectivity index (χ0v) is 7.69. The van der Waals surface area contributed by atoms with Gasteiger partial charge in [-0.25, -0.2) is 4.98 Å². The van der Waals surface area contributed by atoms with Crippen LogP contribution in [0, 0.1) is 18.8 Å². The van der Waals surface area contributed by atoms with Gasteiger partial charge in [0.1, 0.15) is 5.82 Å². The molecule has 0 aliphatic heterocycles. The molecule has 0 radical (unpaired) electrons. The minimum Gasteiger partial charge on any atom is -0.396 e. The average Bonchev–Trinajstić information content (AvgIpc) is 2.45. The molecule has 0 fully saturated rings. The minimum absolute atomic E-state index is 0.198. The van der Waals surface area contributed by atoms with Gasteiger partial charge in [0, 0.05) is 13.0 Å². The summed E-state index contributed by atoms with van der Waals surface area (Å²) >= 11 is 1.31. The van der Waals surface area contributed by atoms with Crippen LogP contribution in [0.1, 0.15) is 23.7 Å². The highest BCUT2D eigenvalue weighted by Crippen LogP contribution is 2.00. The summed E-state index contributed by atoms with van der Waals surface area (Å²) in [6, 6.07) is 0. The number of aliphatic hydroxyl groups excluding tert-OH is 1. The van der Waals surface area contributed by atoms with E-state index < -0.39 is 0 Å². The van der Waals surface area contributed by atoms with Gasteiger partial charge in [-0.05, 0) is 30.8 Å². The van der Waals surface area contributed by atoms with Gasteiger partial charge in [0.2, 0.25) is 0 Å². The van der Waals surface area contributed by atoms with Gasteiger partial charge >= 0.3 is 0 Å². The molecule has 0 atom stereocenters. The van der Waals surface area contributed by atoms with Gasteiger partial charge in [0.25, 0.3) is 0 Å². The minimum atomic E-state index is 0.198. The third kappa shape index (κ3) is 2.99. The van der Waals surface area contributed by atoms with Crippen molar-refractivity contribution in [3.05, 3.63) is 10.8 Å². The Labute approximate surface area is 75.6 Å². The molecule has 3 nitrogen and oxygen atoms in total. The van der Waals surface area contributed by atoms with Crippen molar-refractivity contribution in [2.75, 3.05) is 6.61 Å². The van der Waals surface area contributed by atoms with Gasteiger partial charge in [-0.3, -0.25) is 0 Å². The second-order valence-electron chi connectivity index (χ2n) is 2.28. The van der Waals surface area contributed by atoms with Gasteiger partial charge in [0.05, 0.1) is 0 Å². The molecule has 0 saturated carbocycles. The Morgan fingerprint density at radius 3 is 3.00 bits per heavy atom. The van der Waals surface area contributed by atoms with Crippen LogP contribution in [-0.2, 0) is 0 Å². The van der Waals surface area contributed by atoms with Crippen LogP contribution in [0.15, 0.2) is 0 Å². The second-order valence-corrected chi connectivity index (χ2v) is 3.03. The number of hydrogen-bond donors (Lipinski definition) is 1. The number of aromatic nitrogens is 2. The lowest BCUT2D eigenvalue weighted by Crippen LogP contribution is -1.79. The highest BCUT2D eigenvalue weighted by Gasteiger charge is 1.93. The van der Waals surface area contributed by atoms with Gasteiger partial charge in [-0.15, -0.1) is 0 Å². The van der Waals surface area contributed by atoms with Crippen LogP contribution in [0.25, 0.3) is 0 Å². The first-order valence-electron chi connectivity index (χ1n) is 3.73. The summed E-state index contributed by atoms with van der Waals surface area (Å²) in [6.07, 6.45) is 1.44. The van der Waals surface area contributed by atoms with Crippen molar-refractivity contribution in [3.63, 3.8) is 0 Å². The Morgan fingerprint density at radius 1 is 1.58 bits per heavy atom. The van der Waals surface area contributed by atoms with Crippen LogP contribution in [0.2, 0.25) is 0 Å². The zero-order valence-electron chi connectivity index (χ0n) is 6.87. The second kappa shape index (κ2) is 4.86. The van der Waals surface area contributed by atoms with Gasteiger partial charge in [-0.1, -0.05) is 5.92 Å². The summed E-state index contributed by atoms with van der Waals surface area (Å²) in [6.45, 7) is 2.04. The van der Waals surface area contributed by atoms with Crippen molar-refractivity contribution in [2.45, 2.75) is 19.8 Å². The van der Waals surface area contributed by atoms with E-state index in [4.69, 9.17) is 5.11 Å². The van der Waals surface area contributed by atoms with Crippen LogP contribution in [0.3, 0.4) is 0 Å². The third-order valence-corrected chi connectivity index (χ3v) is 1.90. The lowest BCUT2D eigenvalue weighted by atomic mass is 10.3. The maximum absolute atomic E-state index is 8.47. The fourth-order valence-electron chi connectivity index (χ4n) is 0.653. The molecular formula is C8H10N2OS. The fraction of sp³-hybridized carbons (Fsp3) is 0.500. The van der Waals surface area contributed by atoms with Crippen molar-refractivity contribution < 1.29 is 5.11 Å². The molecule has 0 aliphatic rings. The molecule has 1 N–H and O–H groups in total. The average molecular weight is 182 g/mol. The number of aryl methyl sites for hydroxylation is 1. The van der Waals surface area contributed by atoms with Crippen molar-refractivity contribution in [1.29, 1.82) is 0 Å². The van der Waals surface area contributed by atoms with E-state index in [1.165, 1.54) is 11.5 Å². The van der Waals surface area contributed by atoms with E-state index in [-0.39, 0.29) is 6.61 Å². The highest BCUT2D eigenvalue weighted by molar-refractivity contribution is 7.06. The van der Waals surface area contributed by atoms with E-state index in [0.717, 1.165) is 23.7 Å². The molecule has 1 rings (SSSR count). The number of nitrogens with zero attached hydrogens (tertiary/aromatic N) is 2. The van der Waals surface area contributed by atoms with E-state index in [1.807, 2.05) is 6.92 Å². The molecule has 64 valence electrons. The Hall–Kier alpha value is -0.920. The molecule has 1 heterocycles. The monoisotopic (exact) mass is 182 g/mol. The summed E-state index contributed by atoms with van der Waals surface area (Å²) in [5, 5.41) is 9.23. The molecule has 0 aromatic carbocycles. The number of hydrogen-bond acceptors (Lipinski definition) is 4. The van der Waals surface area contributed by atoms with Crippen LogP contribution < -0.4 is 0 Å². The molecule has 0 spiro atoms. The van der Waals surface area contributed by atoms with Crippen molar-refractivity contribution in [1.82, 2.24) is 9.36 Å². The fourth-order valence-corrected chi connectivity index (χ4v) is 1.20. The first kappa shape index (κ1) is 9.17. The summed E-state index contributed by atoms with van der Waals surface area (Å²) in [4.78, 5) is 4.08. The molecule has 0 saturated heterocycles. The molecule has 1 aromatic heterocycles. The summed E-state index contributed by atoms with van der Waals surface area (Å²) < 4.78 is 3.99.